The number of rotatable bonds is 6. The minimum atomic E-state index is -3.45. The lowest BCUT2D eigenvalue weighted by atomic mass is 10.0. The Morgan fingerprint density at radius 2 is 2.42 bits per heavy atom. The van der Waals surface area contributed by atoms with Crippen LogP contribution < -0.4 is 10.0 Å². The Bertz CT molecular complexity index is 492. The third-order valence-corrected chi connectivity index (χ3v) is 4.79. The molecule has 0 aromatic carbocycles. The Morgan fingerprint density at radius 3 is 3.11 bits per heavy atom. The highest BCUT2D eigenvalue weighted by Gasteiger charge is 2.21. The third kappa shape index (κ3) is 3.77. The predicted octanol–water partition coefficient (Wildman–Crippen LogP) is 0.571. The molecule has 1 atom stereocenters. The molecule has 2 heterocycles. The summed E-state index contributed by atoms with van der Waals surface area (Å²) in [4.78, 5) is 0. The molecule has 0 spiro atoms. The second kappa shape index (κ2) is 6.49. The average molecular weight is 286 g/mol. The summed E-state index contributed by atoms with van der Waals surface area (Å²) in [5.74, 6) is 0.381. The van der Waals surface area contributed by atoms with Gasteiger partial charge in [0, 0.05) is 13.1 Å². The van der Waals surface area contributed by atoms with Crippen molar-refractivity contribution in [3.05, 3.63) is 12.3 Å². The third-order valence-electron chi connectivity index (χ3n) is 3.35. The Balaban J connectivity index is 1.98. The Morgan fingerprint density at radius 1 is 1.58 bits per heavy atom. The van der Waals surface area contributed by atoms with Gasteiger partial charge in [0.05, 0.1) is 6.20 Å². The maximum Gasteiger partial charge on any atom is 0.257 e. The maximum absolute atomic E-state index is 12.2. The van der Waals surface area contributed by atoms with Crippen molar-refractivity contribution in [2.75, 3.05) is 19.6 Å². The molecular weight excluding hydrogens is 264 g/mol. The minimum Gasteiger partial charge on any atom is -0.316 e. The van der Waals surface area contributed by atoms with Crippen LogP contribution in [0.15, 0.2) is 17.3 Å². The van der Waals surface area contributed by atoms with E-state index in [9.17, 15) is 8.42 Å². The molecule has 7 heteroatoms. The lowest BCUT2D eigenvalue weighted by molar-refractivity contribution is 0.375. The first-order valence-electron chi connectivity index (χ1n) is 6.85. The summed E-state index contributed by atoms with van der Waals surface area (Å²) in [5.41, 5.74) is 0. The molecule has 2 rings (SSSR count). The van der Waals surface area contributed by atoms with Crippen molar-refractivity contribution < 1.29 is 8.42 Å². The van der Waals surface area contributed by atoms with Crippen LogP contribution in [0.25, 0.3) is 0 Å². The average Bonchev–Trinajstić information content (AvgIpc) is 2.87. The number of nitrogens with zero attached hydrogens (tertiary/aromatic N) is 2. The van der Waals surface area contributed by atoms with Gasteiger partial charge in [-0.1, -0.05) is 6.92 Å². The van der Waals surface area contributed by atoms with Crippen molar-refractivity contribution >= 4 is 10.0 Å². The predicted molar refractivity (Wildman–Crippen MR) is 73.3 cm³/mol. The van der Waals surface area contributed by atoms with E-state index in [2.05, 4.69) is 15.1 Å². The molecule has 19 heavy (non-hydrogen) atoms. The van der Waals surface area contributed by atoms with Gasteiger partial charge >= 0.3 is 0 Å². The molecule has 1 aliphatic heterocycles. The first-order chi connectivity index (χ1) is 9.13. The van der Waals surface area contributed by atoms with Gasteiger partial charge in [-0.25, -0.2) is 13.1 Å². The number of sulfonamides is 1. The number of nitrogens with one attached hydrogen (secondary N) is 2. The largest absolute Gasteiger partial charge is 0.316 e. The molecule has 1 aromatic rings. The van der Waals surface area contributed by atoms with Gasteiger partial charge < -0.3 is 5.32 Å². The number of aryl methyl sites for hydroxylation is 1. The van der Waals surface area contributed by atoms with Crippen LogP contribution in [0.5, 0.6) is 0 Å². The first kappa shape index (κ1) is 14.5. The molecule has 1 unspecified atom stereocenters. The van der Waals surface area contributed by atoms with E-state index in [1.165, 1.54) is 6.20 Å². The first-order valence-corrected chi connectivity index (χ1v) is 8.34. The summed E-state index contributed by atoms with van der Waals surface area (Å²) in [6.07, 6.45) is 4.58. The van der Waals surface area contributed by atoms with Crippen LogP contribution in [0.1, 0.15) is 26.2 Å². The van der Waals surface area contributed by atoms with Crippen molar-refractivity contribution in [1.29, 1.82) is 0 Å². The summed E-state index contributed by atoms with van der Waals surface area (Å²) in [7, 11) is -3.45. The zero-order chi connectivity index (χ0) is 13.7. The van der Waals surface area contributed by atoms with Crippen LogP contribution in [0.3, 0.4) is 0 Å². The summed E-state index contributed by atoms with van der Waals surface area (Å²) in [5, 5.41) is 7.60. The Hall–Kier alpha value is -0.920. The van der Waals surface area contributed by atoms with E-state index in [-0.39, 0.29) is 5.03 Å². The highest BCUT2D eigenvalue weighted by Crippen LogP contribution is 2.12. The summed E-state index contributed by atoms with van der Waals surface area (Å²) in [6.45, 7) is 5.03. The van der Waals surface area contributed by atoms with E-state index < -0.39 is 10.0 Å². The fourth-order valence-electron chi connectivity index (χ4n) is 2.33. The van der Waals surface area contributed by atoms with E-state index in [0.29, 0.717) is 19.0 Å². The molecule has 2 N–H and O–H groups in total. The van der Waals surface area contributed by atoms with Crippen molar-refractivity contribution in [3.63, 3.8) is 0 Å². The fraction of sp³-hybridized carbons (Fsp3) is 0.750. The molecule has 108 valence electrons. The smallest absolute Gasteiger partial charge is 0.257 e. The lowest BCUT2D eigenvalue weighted by Gasteiger charge is -2.22. The molecule has 1 fully saturated rings. The van der Waals surface area contributed by atoms with Crippen molar-refractivity contribution in [2.24, 2.45) is 5.92 Å². The van der Waals surface area contributed by atoms with E-state index in [4.69, 9.17) is 0 Å². The van der Waals surface area contributed by atoms with Gasteiger partial charge in [0.15, 0.2) is 5.03 Å². The molecular formula is C12H22N4O2S. The molecule has 0 amide bonds. The summed E-state index contributed by atoms with van der Waals surface area (Å²) >= 11 is 0. The molecule has 0 aliphatic carbocycles. The van der Waals surface area contributed by atoms with Crippen LogP contribution in [0.2, 0.25) is 0 Å². The van der Waals surface area contributed by atoms with Gasteiger partial charge in [0.25, 0.3) is 10.0 Å². The molecule has 1 aromatic heterocycles. The van der Waals surface area contributed by atoms with Crippen LogP contribution in [-0.4, -0.2) is 37.8 Å². The normalized spacial score (nSPS) is 20.6. The summed E-state index contributed by atoms with van der Waals surface area (Å²) < 4.78 is 28.7. The van der Waals surface area contributed by atoms with Gasteiger partial charge in [-0.05, 0) is 44.3 Å². The molecule has 6 nitrogen and oxygen atoms in total. The van der Waals surface area contributed by atoms with Crippen LogP contribution in [-0.2, 0) is 16.6 Å². The second-order valence-electron chi connectivity index (χ2n) is 4.96. The Kier molecular flexibility index (Phi) is 4.95. The van der Waals surface area contributed by atoms with Gasteiger partial charge in [0.2, 0.25) is 0 Å². The van der Waals surface area contributed by atoms with Gasteiger partial charge in [-0.3, -0.25) is 4.68 Å². The van der Waals surface area contributed by atoms with E-state index in [1.807, 2.05) is 6.92 Å². The van der Waals surface area contributed by atoms with Crippen LogP contribution in [0.4, 0.5) is 0 Å². The topological polar surface area (TPSA) is 76.0 Å². The van der Waals surface area contributed by atoms with Gasteiger partial charge in [0.1, 0.15) is 0 Å². The second-order valence-corrected chi connectivity index (χ2v) is 6.67. The van der Waals surface area contributed by atoms with E-state index in [1.54, 1.807) is 10.7 Å². The molecule has 0 saturated carbocycles. The number of hydrogen-bond donors (Lipinski definition) is 2. The van der Waals surface area contributed by atoms with E-state index in [0.717, 1.165) is 32.4 Å². The quantitative estimate of drug-likeness (QED) is 0.801. The SMILES string of the molecule is CCCn1nccc1S(=O)(=O)NCC1CCCNC1. The molecule has 1 aliphatic rings. The molecule has 0 bridgehead atoms. The number of hydrogen-bond acceptors (Lipinski definition) is 4. The van der Waals surface area contributed by atoms with Crippen LogP contribution >= 0.6 is 0 Å². The van der Waals surface area contributed by atoms with Crippen molar-refractivity contribution in [3.8, 4) is 0 Å². The fourth-order valence-corrected chi connectivity index (χ4v) is 3.59. The highest BCUT2D eigenvalue weighted by atomic mass is 32.2. The zero-order valence-corrected chi connectivity index (χ0v) is 12.1. The number of aromatic nitrogens is 2. The Labute approximate surface area is 114 Å². The lowest BCUT2D eigenvalue weighted by Crippen LogP contribution is -2.38. The van der Waals surface area contributed by atoms with Crippen molar-refractivity contribution in [1.82, 2.24) is 19.8 Å². The van der Waals surface area contributed by atoms with Gasteiger partial charge in [-0.2, -0.15) is 5.10 Å². The molecule has 0 radical (unpaired) electrons. The minimum absolute atomic E-state index is 0.262. The highest BCUT2D eigenvalue weighted by molar-refractivity contribution is 7.89. The monoisotopic (exact) mass is 286 g/mol. The van der Waals surface area contributed by atoms with Crippen molar-refractivity contribution in [2.45, 2.75) is 37.8 Å². The van der Waals surface area contributed by atoms with Gasteiger partial charge in [-0.15, -0.1) is 0 Å². The zero-order valence-electron chi connectivity index (χ0n) is 11.3. The number of piperidine rings is 1. The maximum atomic E-state index is 12.2. The standard InChI is InChI=1S/C12H22N4O2S/c1-2-8-16-12(5-7-14-16)19(17,18)15-10-11-4-3-6-13-9-11/h5,7,11,13,15H,2-4,6,8-10H2,1H3. The summed E-state index contributed by atoms with van der Waals surface area (Å²) in [6, 6.07) is 1.55. The molecule has 1 saturated heterocycles. The van der Waals surface area contributed by atoms with Crippen LogP contribution in [0, 0.1) is 5.92 Å². The van der Waals surface area contributed by atoms with E-state index >= 15 is 0 Å².